The summed E-state index contributed by atoms with van der Waals surface area (Å²) in [4.78, 5) is 25.1. The van der Waals surface area contributed by atoms with Crippen molar-refractivity contribution in [1.82, 2.24) is 4.90 Å². The van der Waals surface area contributed by atoms with Gasteiger partial charge >= 0.3 is 5.97 Å². The van der Waals surface area contributed by atoms with E-state index >= 15 is 0 Å². The van der Waals surface area contributed by atoms with Crippen molar-refractivity contribution in [2.24, 2.45) is 11.7 Å². The van der Waals surface area contributed by atoms with Crippen LogP contribution in [0.4, 0.5) is 0 Å². The van der Waals surface area contributed by atoms with Gasteiger partial charge < -0.3 is 15.7 Å². The maximum atomic E-state index is 12.4. The molecule has 0 aromatic heterocycles. The lowest BCUT2D eigenvalue weighted by molar-refractivity contribution is -0.142. The zero-order chi connectivity index (χ0) is 14.7. The summed E-state index contributed by atoms with van der Waals surface area (Å²) in [6.45, 7) is 2.88. The van der Waals surface area contributed by atoms with Gasteiger partial charge in [0.25, 0.3) is 5.91 Å². The third kappa shape index (κ3) is 2.82. The number of aliphatic carboxylic acids is 1. The quantitative estimate of drug-likeness (QED) is 0.863. The minimum atomic E-state index is -0.828. The zero-order valence-corrected chi connectivity index (χ0v) is 11.6. The molecule has 1 amide bonds. The van der Waals surface area contributed by atoms with E-state index in [9.17, 15) is 9.59 Å². The van der Waals surface area contributed by atoms with E-state index in [2.05, 4.69) is 0 Å². The number of amides is 1. The third-order valence-electron chi connectivity index (χ3n) is 3.97. The molecule has 1 fully saturated rings. The Labute approximate surface area is 118 Å². The molecule has 5 nitrogen and oxygen atoms in total. The number of likely N-dealkylation sites (tertiary alicyclic amines) is 1. The van der Waals surface area contributed by atoms with Gasteiger partial charge in [0.2, 0.25) is 0 Å². The average Bonchev–Trinajstić information content (AvgIpc) is 2.81. The molecule has 108 valence electrons. The van der Waals surface area contributed by atoms with Crippen molar-refractivity contribution in [2.75, 3.05) is 13.1 Å². The van der Waals surface area contributed by atoms with Gasteiger partial charge in [-0.25, -0.2) is 0 Å². The van der Waals surface area contributed by atoms with E-state index in [1.807, 2.05) is 12.1 Å². The Kier molecular flexibility index (Phi) is 4.39. The predicted octanol–water partition coefficient (Wildman–Crippen LogP) is 1.12. The van der Waals surface area contributed by atoms with Crippen LogP contribution in [0.25, 0.3) is 0 Å². The van der Waals surface area contributed by atoms with Crippen molar-refractivity contribution < 1.29 is 14.7 Å². The molecule has 2 unspecified atom stereocenters. The topological polar surface area (TPSA) is 83.6 Å². The van der Waals surface area contributed by atoms with Crippen molar-refractivity contribution in [3.8, 4) is 0 Å². The highest BCUT2D eigenvalue weighted by Gasteiger charge is 2.38. The van der Waals surface area contributed by atoms with Gasteiger partial charge in [-0.3, -0.25) is 9.59 Å². The van der Waals surface area contributed by atoms with Gasteiger partial charge in [-0.1, -0.05) is 12.1 Å². The maximum absolute atomic E-state index is 12.4. The van der Waals surface area contributed by atoms with E-state index in [1.165, 1.54) is 0 Å². The standard InChI is InChI=1S/C15H20N2O3/c1-10-13(15(19)20)7-9-17(10)14(18)12-4-2-11(3-5-12)6-8-16/h2-5,10,13H,6-9,16H2,1H3,(H,19,20). The fourth-order valence-corrected chi connectivity index (χ4v) is 2.70. The van der Waals surface area contributed by atoms with E-state index in [1.54, 1.807) is 24.0 Å². The molecule has 1 aromatic rings. The Morgan fingerprint density at radius 3 is 2.50 bits per heavy atom. The first-order chi connectivity index (χ1) is 9.54. The highest BCUT2D eigenvalue weighted by atomic mass is 16.4. The lowest BCUT2D eigenvalue weighted by Crippen LogP contribution is -2.37. The van der Waals surface area contributed by atoms with Crippen LogP contribution in [0.2, 0.25) is 0 Å². The first-order valence-electron chi connectivity index (χ1n) is 6.87. The molecule has 1 saturated heterocycles. The predicted molar refractivity (Wildman–Crippen MR) is 75.4 cm³/mol. The number of rotatable bonds is 4. The minimum absolute atomic E-state index is 0.0967. The van der Waals surface area contributed by atoms with E-state index < -0.39 is 11.9 Å². The number of carboxylic acid groups (broad SMARTS) is 1. The van der Waals surface area contributed by atoms with Crippen molar-refractivity contribution in [3.63, 3.8) is 0 Å². The third-order valence-corrected chi connectivity index (χ3v) is 3.97. The van der Waals surface area contributed by atoms with E-state index in [0.717, 1.165) is 12.0 Å². The summed E-state index contributed by atoms with van der Waals surface area (Å²) in [7, 11) is 0. The van der Waals surface area contributed by atoms with Crippen LogP contribution in [-0.2, 0) is 11.2 Å². The summed E-state index contributed by atoms with van der Waals surface area (Å²) in [6, 6.07) is 7.11. The van der Waals surface area contributed by atoms with Gasteiger partial charge in [0.1, 0.15) is 0 Å². The van der Waals surface area contributed by atoms with Crippen LogP contribution >= 0.6 is 0 Å². The molecular formula is C15H20N2O3. The number of nitrogens with two attached hydrogens (primary N) is 1. The first-order valence-corrected chi connectivity index (χ1v) is 6.87. The molecule has 2 rings (SSSR count). The van der Waals surface area contributed by atoms with Crippen molar-refractivity contribution in [3.05, 3.63) is 35.4 Å². The lowest BCUT2D eigenvalue weighted by atomic mass is 10.0. The number of hydrogen-bond donors (Lipinski definition) is 2. The Morgan fingerprint density at radius 2 is 2.00 bits per heavy atom. The Bertz CT molecular complexity index is 498. The average molecular weight is 276 g/mol. The van der Waals surface area contributed by atoms with Crippen LogP contribution in [-0.4, -0.2) is 41.0 Å². The molecule has 1 heterocycles. The summed E-state index contributed by atoms with van der Waals surface area (Å²) < 4.78 is 0. The van der Waals surface area contributed by atoms with Gasteiger partial charge in [-0.15, -0.1) is 0 Å². The van der Waals surface area contributed by atoms with E-state index in [0.29, 0.717) is 25.1 Å². The van der Waals surface area contributed by atoms with Gasteiger partial charge in [-0.05, 0) is 44.0 Å². The first kappa shape index (κ1) is 14.5. The summed E-state index contributed by atoms with van der Waals surface area (Å²) in [6.07, 6.45) is 1.31. The van der Waals surface area contributed by atoms with E-state index in [4.69, 9.17) is 10.8 Å². The number of benzene rings is 1. The molecule has 1 aliphatic heterocycles. The Hall–Kier alpha value is -1.88. The smallest absolute Gasteiger partial charge is 0.308 e. The lowest BCUT2D eigenvalue weighted by Gasteiger charge is -2.23. The number of hydrogen-bond acceptors (Lipinski definition) is 3. The monoisotopic (exact) mass is 276 g/mol. The number of carbonyl (C=O) groups is 2. The summed E-state index contributed by atoms with van der Waals surface area (Å²) in [5.74, 6) is -1.39. The molecule has 1 aromatic carbocycles. The number of nitrogens with zero attached hydrogens (tertiary/aromatic N) is 1. The summed E-state index contributed by atoms with van der Waals surface area (Å²) >= 11 is 0. The molecule has 5 heteroatoms. The summed E-state index contributed by atoms with van der Waals surface area (Å²) in [5.41, 5.74) is 7.19. The second-order valence-corrected chi connectivity index (χ2v) is 5.21. The number of carbonyl (C=O) groups excluding carboxylic acids is 1. The van der Waals surface area contributed by atoms with Crippen LogP contribution in [0.1, 0.15) is 29.3 Å². The van der Waals surface area contributed by atoms with Crippen LogP contribution < -0.4 is 5.73 Å². The van der Waals surface area contributed by atoms with Crippen molar-refractivity contribution >= 4 is 11.9 Å². The zero-order valence-electron chi connectivity index (χ0n) is 11.6. The molecular weight excluding hydrogens is 256 g/mol. The minimum Gasteiger partial charge on any atom is -0.481 e. The molecule has 20 heavy (non-hydrogen) atoms. The van der Waals surface area contributed by atoms with E-state index in [-0.39, 0.29) is 11.9 Å². The normalized spacial score (nSPS) is 22.0. The molecule has 2 atom stereocenters. The fraction of sp³-hybridized carbons (Fsp3) is 0.467. The van der Waals surface area contributed by atoms with Crippen LogP contribution in [0.3, 0.4) is 0 Å². The van der Waals surface area contributed by atoms with Crippen molar-refractivity contribution in [1.29, 1.82) is 0 Å². The van der Waals surface area contributed by atoms with Crippen LogP contribution in [0, 0.1) is 5.92 Å². The molecule has 0 radical (unpaired) electrons. The van der Waals surface area contributed by atoms with Crippen LogP contribution in [0.15, 0.2) is 24.3 Å². The van der Waals surface area contributed by atoms with Gasteiger partial charge in [0, 0.05) is 18.2 Å². The Balaban J connectivity index is 2.10. The van der Waals surface area contributed by atoms with Gasteiger partial charge in [-0.2, -0.15) is 0 Å². The second kappa shape index (κ2) is 6.05. The molecule has 0 aliphatic carbocycles. The maximum Gasteiger partial charge on any atom is 0.308 e. The molecule has 3 N–H and O–H groups in total. The highest BCUT2D eigenvalue weighted by Crippen LogP contribution is 2.26. The Morgan fingerprint density at radius 1 is 1.35 bits per heavy atom. The second-order valence-electron chi connectivity index (χ2n) is 5.21. The van der Waals surface area contributed by atoms with Crippen molar-refractivity contribution in [2.45, 2.75) is 25.8 Å². The molecule has 0 saturated carbocycles. The van der Waals surface area contributed by atoms with Gasteiger partial charge in [0.05, 0.1) is 5.92 Å². The van der Waals surface area contributed by atoms with Gasteiger partial charge in [0.15, 0.2) is 0 Å². The largest absolute Gasteiger partial charge is 0.481 e. The summed E-state index contributed by atoms with van der Waals surface area (Å²) in [5, 5.41) is 9.10. The molecule has 1 aliphatic rings. The number of carboxylic acids is 1. The highest BCUT2D eigenvalue weighted by molar-refractivity contribution is 5.95. The SMILES string of the molecule is CC1C(C(=O)O)CCN1C(=O)c1ccc(CCN)cc1. The fourth-order valence-electron chi connectivity index (χ4n) is 2.70. The van der Waals surface area contributed by atoms with Crippen LogP contribution in [0.5, 0.6) is 0 Å². The molecule has 0 bridgehead atoms. The molecule has 0 spiro atoms.